The van der Waals surface area contributed by atoms with Crippen molar-refractivity contribution < 1.29 is 24.3 Å². The molecule has 12 nitrogen and oxygen atoms in total. The number of nitrogens with zero attached hydrogens (tertiary/aromatic N) is 1. The molecular weight excluding hydrogens is 418 g/mol. The van der Waals surface area contributed by atoms with Crippen LogP contribution >= 0.6 is 0 Å². The molecule has 0 saturated carbocycles. The highest BCUT2D eigenvalue weighted by Gasteiger charge is 2.29. The Labute approximate surface area is 189 Å². The lowest BCUT2D eigenvalue weighted by atomic mass is 9.95. The Bertz CT molecular complexity index is 667. The topological polar surface area (TPSA) is 215 Å². The quantitative estimate of drug-likeness (QED) is 0.0882. The number of hydrogen-bond donors (Lipinski definition) is 7. The van der Waals surface area contributed by atoms with E-state index in [2.05, 4.69) is 20.9 Å². The number of carboxylic acids is 1. The summed E-state index contributed by atoms with van der Waals surface area (Å²) < 4.78 is 0. The lowest BCUT2D eigenvalue weighted by Crippen LogP contribution is -2.56. The Balaban J connectivity index is 4.87. The molecule has 0 unspecified atom stereocenters. The molecular formula is C20H39N7O5. The first kappa shape index (κ1) is 29.1. The van der Waals surface area contributed by atoms with E-state index < -0.39 is 48.4 Å². The molecule has 0 bridgehead atoms. The lowest BCUT2D eigenvalue weighted by Gasteiger charge is -2.26. The van der Waals surface area contributed by atoms with Crippen LogP contribution in [-0.2, 0) is 19.2 Å². The van der Waals surface area contributed by atoms with Gasteiger partial charge in [-0.2, -0.15) is 0 Å². The second kappa shape index (κ2) is 15.0. The third kappa shape index (κ3) is 10.9. The van der Waals surface area contributed by atoms with Gasteiger partial charge in [0.2, 0.25) is 17.7 Å². The summed E-state index contributed by atoms with van der Waals surface area (Å²) in [6, 6.07) is -2.77. The van der Waals surface area contributed by atoms with Gasteiger partial charge in [-0.05, 0) is 24.7 Å². The van der Waals surface area contributed by atoms with E-state index in [4.69, 9.17) is 17.2 Å². The summed E-state index contributed by atoms with van der Waals surface area (Å²) in [4.78, 5) is 52.3. The number of carbonyl (C=O) groups is 4. The fourth-order valence-electron chi connectivity index (χ4n) is 2.75. The number of nitrogens with one attached hydrogen (secondary N) is 3. The minimum absolute atomic E-state index is 0.0543. The summed E-state index contributed by atoms with van der Waals surface area (Å²) >= 11 is 0. The first-order valence-corrected chi connectivity index (χ1v) is 10.9. The Morgan fingerprint density at radius 3 is 2.06 bits per heavy atom. The van der Waals surface area contributed by atoms with Gasteiger partial charge in [0, 0.05) is 6.54 Å². The molecule has 5 atom stereocenters. The van der Waals surface area contributed by atoms with Crippen molar-refractivity contribution in [2.75, 3.05) is 13.1 Å². The maximum absolute atomic E-state index is 12.6. The van der Waals surface area contributed by atoms with E-state index in [1.807, 2.05) is 20.8 Å². The van der Waals surface area contributed by atoms with Crippen molar-refractivity contribution in [2.24, 2.45) is 34.0 Å². The average molecular weight is 458 g/mol. The highest BCUT2D eigenvalue weighted by atomic mass is 16.4. The number of aliphatic imine (C=N–C) groups is 1. The van der Waals surface area contributed by atoms with Gasteiger partial charge < -0.3 is 38.3 Å². The number of amides is 3. The standard InChI is InChI=1S/C20H39N7O5/c1-5-11(3)15(21)17(29)27-16(12(4)6-2)18(30)25-10-14(28)26-13(19(31)32)8-7-9-24-20(22)23/h11-13,15-16H,5-10,21H2,1-4H3,(H,25,30)(H,26,28)(H,27,29)(H,31,32)(H4,22,23,24)/t11-,12-,13+,15+,16+/m1/s1. The molecule has 0 aliphatic heterocycles. The molecule has 0 fully saturated rings. The smallest absolute Gasteiger partial charge is 0.326 e. The second-order valence-corrected chi connectivity index (χ2v) is 7.91. The molecule has 184 valence electrons. The van der Waals surface area contributed by atoms with E-state index in [1.165, 1.54) is 0 Å². The minimum atomic E-state index is -1.21. The Kier molecular flexibility index (Phi) is 13.6. The number of carboxylic acid groups (broad SMARTS) is 1. The maximum Gasteiger partial charge on any atom is 0.326 e. The molecule has 12 heteroatoms. The number of hydrogen-bond acceptors (Lipinski definition) is 6. The number of rotatable bonds is 15. The zero-order valence-electron chi connectivity index (χ0n) is 19.4. The lowest BCUT2D eigenvalue weighted by molar-refractivity contribution is -0.142. The van der Waals surface area contributed by atoms with Crippen molar-refractivity contribution in [2.45, 2.75) is 71.5 Å². The van der Waals surface area contributed by atoms with Crippen LogP contribution in [0.1, 0.15) is 53.4 Å². The van der Waals surface area contributed by atoms with Crippen molar-refractivity contribution in [3.8, 4) is 0 Å². The van der Waals surface area contributed by atoms with Gasteiger partial charge in [0.25, 0.3) is 0 Å². The van der Waals surface area contributed by atoms with Gasteiger partial charge >= 0.3 is 5.97 Å². The van der Waals surface area contributed by atoms with Crippen molar-refractivity contribution in [3.05, 3.63) is 0 Å². The van der Waals surface area contributed by atoms with Crippen LogP contribution in [-0.4, -0.2) is 66.0 Å². The van der Waals surface area contributed by atoms with Gasteiger partial charge in [-0.3, -0.25) is 19.4 Å². The summed E-state index contributed by atoms with van der Waals surface area (Å²) in [5, 5.41) is 16.8. The predicted molar refractivity (Wildman–Crippen MR) is 121 cm³/mol. The van der Waals surface area contributed by atoms with Crippen molar-refractivity contribution in [1.82, 2.24) is 16.0 Å². The van der Waals surface area contributed by atoms with Crippen LogP contribution < -0.4 is 33.2 Å². The predicted octanol–water partition coefficient (Wildman–Crippen LogP) is -1.37. The molecule has 0 aromatic rings. The van der Waals surface area contributed by atoms with Gasteiger partial charge in [0.05, 0.1) is 12.6 Å². The molecule has 0 aromatic heterocycles. The Hall–Kier alpha value is -2.89. The Morgan fingerprint density at radius 2 is 1.56 bits per heavy atom. The molecule has 0 rings (SSSR count). The monoisotopic (exact) mass is 457 g/mol. The van der Waals surface area contributed by atoms with Crippen LogP contribution in [0.2, 0.25) is 0 Å². The molecule has 10 N–H and O–H groups in total. The molecule has 32 heavy (non-hydrogen) atoms. The van der Waals surface area contributed by atoms with Crippen molar-refractivity contribution in [1.29, 1.82) is 0 Å². The van der Waals surface area contributed by atoms with E-state index >= 15 is 0 Å². The highest BCUT2D eigenvalue weighted by Crippen LogP contribution is 2.10. The van der Waals surface area contributed by atoms with Crippen LogP contribution in [0.15, 0.2) is 4.99 Å². The van der Waals surface area contributed by atoms with Gasteiger partial charge in [-0.1, -0.05) is 40.5 Å². The van der Waals surface area contributed by atoms with Gasteiger partial charge in [0.1, 0.15) is 12.1 Å². The maximum atomic E-state index is 12.6. The number of aliphatic carboxylic acids is 1. The summed E-state index contributed by atoms with van der Waals surface area (Å²) in [6.45, 7) is 7.24. The first-order chi connectivity index (χ1) is 14.9. The largest absolute Gasteiger partial charge is 0.480 e. The number of nitrogens with two attached hydrogens (primary N) is 3. The average Bonchev–Trinajstić information content (AvgIpc) is 2.75. The van der Waals surface area contributed by atoms with Gasteiger partial charge in [-0.15, -0.1) is 0 Å². The van der Waals surface area contributed by atoms with E-state index in [9.17, 15) is 24.3 Å². The SMILES string of the molecule is CC[C@@H](C)[C@H](N)C(=O)N[C@H](C(=O)NCC(=O)N[C@@H](CCCN=C(N)N)C(=O)O)[C@H](C)CC. The Morgan fingerprint density at radius 1 is 0.969 bits per heavy atom. The molecule has 0 radical (unpaired) electrons. The van der Waals surface area contributed by atoms with Crippen LogP contribution in [0, 0.1) is 11.8 Å². The highest BCUT2D eigenvalue weighted by molar-refractivity contribution is 5.92. The molecule has 0 aromatic carbocycles. The summed E-state index contributed by atoms with van der Waals surface area (Å²) in [5.41, 5.74) is 16.4. The summed E-state index contributed by atoms with van der Waals surface area (Å²) in [5.74, 6) is -3.21. The van der Waals surface area contributed by atoms with Crippen LogP contribution in [0.3, 0.4) is 0 Å². The van der Waals surface area contributed by atoms with E-state index in [0.29, 0.717) is 19.3 Å². The second-order valence-electron chi connectivity index (χ2n) is 7.91. The zero-order valence-corrected chi connectivity index (χ0v) is 19.4. The molecule has 0 aliphatic rings. The third-order valence-electron chi connectivity index (χ3n) is 5.35. The van der Waals surface area contributed by atoms with Crippen molar-refractivity contribution in [3.63, 3.8) is 0 Å². The van der Waals surface area contributed by atoms with Gasteiger partial charge in [0.15, 0.2) is 5.96 Å². The van der Waals surface area contributed by atoms with E-state index in [0.717, 1.165) is 0 Å². The van der Waals surface area contributed by atoms with Crippen LogP contribution in [0.25, 0.3) is 0 Å². The fraction of sp³-hybridized carbons (Fsp3) is 0.750. The minimum Gasteiger partial charge on any atom is -0.480 e. The molecule has 3 amide bonds. The number of carbonyl (C=O) groups excluding carboxylic acids is 3. The summed E-state index contributed by atoms with van der Waals surface area (Å²) in [7, 11) is 0. The third-order valence-corrected chi connectivity index (χ3v) is 5.35. The zero-order chi connectivity index (χ0) is 24.8. The first-order valence-electron chi connectivity index (χ1n) is 10.9. The normalized spacial score (nSPS) is 15.4. The molecule has 0 saturated heterocycles. The van der Waals surface area contributed by atoms with E-state index in [1.54, 1.807) is 6.92 Å². The van der Waals surface area contributed by atoms with Gasteiger partial charge in [-0.25, -0.2) is 4.79 Å². The molecule has 0 spiro atoms. The molecule has 0 aliphatic carbocycles. The fourth-order valence-corrected chi connectivity index (χ4v) is 2.75. The van der Waals surface area contributed by atoms with E-state index in [-0.39, 0.29) is 30.8 Å². The van der Waals surface area contributed by atoms with Crippen LogP contribution in [0.5, 0.6) is 0 Å². The van der Waals surface area contributed by atoms with Crippen molar-refractivity contribution >= 4 is 29.7 Å². The van der Waals surface area contributed by atoms with Crippen LogP contribution in [0.4, 0.5) is 0 Å². The molecule has 0 heterocycles. The number of guanidine groups is 1. The summed E-state index contributed by atoms with van der Waals surface area (Å²) in [6.07, 6.45) is 1.79.